The van der Waals surface area contributed by atoms with E-state index in [0.29, 0.717) is 11.8 Å². The molecule has 1 aromatic rings. The van der Waals surface area contributed by atoms with E-state index in [-0.39, 0.29) is 11.9 Å². The smallest absolute Gasteiger partial charge is 0.123 e. The lowest BCUT2D eigenvalue weighted by Crippen LogP contribution is -2.42. The monoisotopic (exact) mass is 346 g/mol. The molecule has 2 N–H and O–H groups in total. The van der Waals surface area contributed by atoms with Crippen molar-refractivity contribution in [3.05, 3.63) is 34.1 Å². The standard InChI is InChI=1S/C14H20BrFN2S/c1-2-11-9-18(5-6-19-11)14(8-17)12-7-10(16)3-4-13(12)15/h3-4,7,11,14H,2,5-6,8-9,17H2,1H3. The van der Waals surface area contributed by atoms with E-state index in [2.05, 4.69) is 27.8 Å². The number of benzene rings is 1. The lowest BCUT2D eigenvalue weighted by molar-refractivity contribution is 0.206. The van der Waals surface area contributed by atoms with Gasteiger partial charge in [-0.3, -0.25) is 4.90 Å². The number of hydrogen-bond acceptors (Lipinski definition) is 3. The van der Waals surface area contributed by atoms with Gasteiger partial charge in [0.2, 0.25) is 0 Å². The van der Waals surface area contributed by atoms with Gasteiger partial charge in [-0.15, -0.1) is 0 Å². The predicted molar refractivity (Wildman–Crippen MR) is 84.0 cm³/mol. The molecule has 0 aromatic heterocycles. The van der Waals surface area contributed by atoms with Crippen LogP contribution in [0.15, 0.2) is 22.7 Å². The van der Waals surface area contributed by atoms with Crippen molar-refractivity contribution in [1.29, 1.82) is 0 Å². The van der Waals surface area contributed by atoms with Gasteiger partial charge in [0.1, 0.15) is 5.82 Å². The molecule has 1 aliphatic rings. The van der Waals surface area contributed by atoms with Crippen LogP contribution < -0.4 is 5.73 Å². The van der Waals surface area contributed by atoms with Gasteiger partial charge in [-0.05, 0) is 30.2 Å². The van der Waals surface area contributed by atoms with Crippen LogP contribution in [0.5, 0.6) is 0 Å². The second-order valence-electron chi connectivity index (χ2n) is 4.81. The molecule has 2 atom stereocenters. The molecule has 106 valence electrons. The Morgan fingerprint density at radius 2 is 2.37 bits per heavy atom. The van der Waals surface area contributed by atoms with Crippen molar-refractivity contribution >= 4 is 27.7 Å². The number of halogens is 2. The van der Waals surface area contributed by atoms with Crippen LogP contribution in [0.1, 0.15) is 24.9 Å². The minimum Gasteiger partial charge on any atom is -0.329 e. The molecule has 1 aromatic carbocycles. The summed E-state index contributed by atoms with van der Waals surface area (Å²) in [6, 6.07) is 4.94. The zero-order valence-electron chi connectivity index (χ0n) is 11.1. The highest BCUT2D eigenvalue weighted by Gasteiger charge is 2.27. The summed E-state index contributed by atoms with van der Waals surface area (Å²) in [5.41, 5.74) is 6.91. The van der Waals surface area contributed by atoms with Crippen molar-refractivity contribution < 1.29 is 4.39 Å². The summed E-state index contributed by atoms with van der Waals surface area (Å²) in [4.78, 5) is 2.39. The second kappa shape index (κ2) is 7.07. The quantitative estimate of drug-likeness (QED) is 0.905. The van der Waals surface area contributed by atoms with Gasteiger partial charge in [0.05, 0.1) is 0 Å². The Bertz CT molecular complexity index is 430. The van der Waals surface area contributed by atoms with E-state index in [4.69, 9.17) is 5.73 Å². The SMILES string of the molecule is CCC1CN(C(CN)c2cc(F)ccc2Br)CCS1. The number of nitrogens with two attached hydrogens (primary N) is 1. The van der Waals surface area contributed by atoms with E-state index in [1.54, 1.807) is 12.1 Å². The first-order chi connectivity index (χ1) is 9.15. The van der Waals surface area contributed by atoms with Gasteiger partial charge >= 0.3 is 0 Å². The van der Waals surface area contributed by atoms with Crippen molar-refractivity contribution in [2.45, 2.75) is 24.6 Å². The molecule has 0 aliphatic carbocycles. The molecule has 1 fully saturated rings. The van der Waals surface area contributed by atoms with E-state index in [1.807, 2.05) is 11.8 Å². The van der Waals surface area contributed by atoms with Crippen LogP contribution in [0.4, 0.5) is 4.39 Å². The van der Waals surface area contributed by atoms with Crippen LogP contribution in [0, 0.1) is 5.82 Å². The van der Waals surface area contributed by atoms with Gasteiger partial charge in [-0.25, -0.2) is 4.39 Å². The average Bonchev–Trinajstić information content (AvgIpc) is 2.44. The Hall–Kier alpha value is -0.100. The van der Waals surface area contributed by atoms with Crippen molar-refractivity contribution in [3.63, 3.8) is 0 Å². The van der Waals surface area contributed by atoms with Gasteiger partial charge in [0, 0.05) is 41.2 Å². The van der Waals surface area contributed by atoms with Crippen molar-refractivity contribution in [2.24, 2.45) is 5.73 Å². The summed E-state index contributed by atoms with van der Waals surface area (Å²) in [5.74, 6) is 0.928. The summed E-state index contributed by atoms with van der Waals surface area (Å²) >= 11 is 5.55. The molecule has 1 heterocycles. The molecule has 0 spiro atoms. The molecule has 0 radical (unpaired) electrons. The average molecular weight is 347 g/mol. The fourth-order valence-electron chi connectivity index (χ4n) is 2.51. The van der Waals surface area contributed by atoms with Crippen LogP contribution in [0.3, 0.4) is 0 Å². The molecule has 2 unspecified atom stereocenters. The summed E-state index contributed by atoms with van der Waals surface area (Å²) in [5, 5.41) is 0.662. The minimum absolute atomic E-state index is 0.0972. The molecular weight excluding hydrogens is 327 g/mol. The van der Waals surface area contributed by atoms with Gasteiger partial charge in [0.25, 0.3) is 0 Å². The van der Waals surface area contributed by atoms with Crippen LogP contribution >= 0.6 is 27.7 Å². The van der Waals surface area contributed by atoms with E-state index in [0.717, 1.165) is 28.9 Å². The molecule has 0 bridgehead atoms. The Labute approximate surface area is 127 Å². The van der Waals surface area contributed by atoms with E-state index >= 15 is 0 Å². The van der Waals surface area contributed by atoms with Crippen LogP contribution in [-0.2, 0) is 0 Å². The lowest BCUT2D eigenvalue weighted by Gasteiger charge is -2.38. The summed E-state index contributed by atoms with van der Waals surface area (Å²) in [7, 11) is 0. The third-order valence-electron chi connectivity index (χ3n) is 3.61. The molecule has 2 rings (SSSR count). The van der Waals surface area contributed by atoms with Crippen LogP contribution in [0.2, 0.25) is 0 Å². The van der Waals surface area contributed by atoms with Crippen molar-refractivity contribution in [1.82, 2.24) is 4.90 Å². The van der Waals surface area contributed by atoms with Gasteiger partial charge in [0.15, 0.2) is 0 Å². The van der Waals surface area contributed by atoms with E-state index < -0.39 is 0 Å². The molecular formula is C14H20BrFN2S. The zero-order chi connectivity index (χ0) is 13.8. The van der Waals surface area contributed by atoms with E-state index in [1.165, 1.54) is 12.5 Å². The van der Waals surface area contributed by atoms with Crippen molar-refractivity contribution in [3.8, 4) is 0 Å². The highest BCUT2D eigenvalue weighted by molar-refractivity contribution is 9.10. The minimum atomic E-state index is -0.199. The Morgan fingerprint density at radius 1 is 1.58 bits per heavy atom. The highest BCUT2D eigenvalue weighted by Crippen LogP contribution is 2.32. The highest BCUT2D eigenvalue weighted by atomic mass is 79.9. The predicted octanol–water partition coefficient (Wildman–Crippen LogP) is 3.42. The molecule has 0 saturated carbocycles. The maximum absolute atomic E-state index is 13.5. The topological polar surface area (TPSA) is 29.3 Å². The number of nitrogens with zero attached hydrogens (tertiary/aromatic N) is 1. The third-order valence-corrected chi connectivity index (χ3v) is 5.70. The molecule has 2 nitrogen and oxygen atoms in total. The molecule has 5 heteroatoms. The molecule has 0 amide bonds. The maximum Gasteiger partial charge on any atom is 0.123 e. The number of hydrogen-bond donors (Lipinski definition) is 1. The van der Waals surface area contributed by atoms with Crippen LogP contribution in [-0.4, -0.2) is 35.5 Å². The van der Waals surface area contributed by atoms with Gasteiger partial charge in [-0.1, -0.05) is 22.9 Å². The summed E-state index contributed by atoms with van der Waals surface area (Å²) < 4.78 is 14.4. The van der Waals surface area contributed by atoms with Crippen LogP contribution in [0.25, 0.3) is 0 Å². The Morgan fingerprint density at radius 3 is 3.05 bits per heavy atom. The summed E-state index contributed by atoms with van der Waals surface area (Å²) in [6.45, 7) is 4.79. The van der Waals surface area contributed by atoms with Gasteiger partial charge in [-0.2, -0.15) is 11.8 Å². The lowest BCUT2D eigenvalue weighted by atomic mass is 10.0. The van der Waals surface area contributed by atoms with Crippen molar-refractivity contribution in [2.75, 3.05) is 25.4 Å². The number of rotatable bonds is 4. The third kappa shape index (κ3) is 3.72. The first-order valence-electron chi connectivity index (χ1n) is 6.66. The second-order valence-corrected chi connectivity index (χ2v) is 7.08. The molecule has 19 heavy (non-hydrogen) atoms. The largest absolute Gasteiger partial charge is 0.329 e. The summed E-state index contributed by atoms with van der Waals surface area (Å²) in [6.07, 6.45) is 1.17. The zero-order valence-corrected chi connectivity index (χ0v) is 13.5. The Kier molecular flexibility index (Phi) is 5.69. The Balaban J connectivity index is 2.21. The molecule has 1 aliphatic heterocycles. The first kappa shape index (κ1) is 15.3. The normalized spacial score (nSPS) is 22.4. The van der Waals surface area contributed by atoms with Gasteiger partial charge < -0.3 is 5.73 Å². The first-order valence-corrected chi connectivity index (χ1v) is 8.50. The van der Waals surface area contributed by atoms with E-state index in [9.17, 15) is 4.39 Å². The number of thioether (sulfide) groups is 1. The molecule has 1 saturated heterocycles. The fourth-order valence-corrected chi connectivity index (χ4v) is 4.23. The maximum atomic E-state index is 13.5. The fraction of sp³-hybridized carbons (Fsp3) is 0.571.